The number of thiocarbonyl (C=S) groups is 1. The second kappa shape index (κ2) is 8.90. The third kappa shape index (κ3) is 4.71. The Morgan fingerprint density at radius 1 is 1.29 bits per heavy atom. The van der Waals surface area contributed by atoms with Crippen LogP contribution in [-0.4, -0.2) is 39.8 Å². The van der Waals surface area contributed by atoms with Gasteiger partial charge in [0, 0.05) is 30.3 Å². The number of thioether (sulfide) groups is 1. The van der Waals surface area contributed by atoms with Gasteiger partial charge < -0.3 is 15.2 Å². The van der Waals surface area contributed by atoms with Gasteiger partial charge in [-0.25, -0.2) is 0 Å². The summed E-state index contributed by atoms with van der Waals surface area (Å²) in [5.41, 5.74) is 1.28. The van der Waals surface area contributed by atoms with E-state index in [1.165, 1.54) is 28.8 Å². The zero-order valence-electron chi connectivity index (χ0n) is 15.0. The predicted octanol–water partition coefficient (Wildman–Crippen LogP) is 3.63. The molecule has 0 atom stereocenters. The van der Waals surface area contributed by atoms with Crippen molar-refractivity contribution in [2.45, 2.75) is 6.42 Å². The van der Waals surface area contributed by atoms with E-state index in [9.17, 15) is 14.7 Å². The molecule has 1 fully saturated rings. The molecule has 0 saturated carbocycles. The molecular weight excluding hydrogens is 396 g/mol. The first-order chi connectivity index (χ1) is 13.5. The third-order valence-electron chi connectivity index (χ3n) is 3.99. The van der Waals surface area contributed by atoms with E-state index in [1.54, 1.807) is 25.3 Å². The summed E-state index contributed by atoms with van der Waals surface area (Å²) < 4.78 is 5.72. The van der Waals surface area contributed by atoms with Gasteiger partial charge in [0.25, 0.3) is 5.91 Å². The number of hydrogen-bond donors (Lipinski definition) is 2. The highest BCUT2D eigenvalue weighted by atomic mass is 32.2. The molecule has 1 aliphatic rings. The summed E-state index contributed by atoms with van der Waals surface area (Å²) in [6, 6.07) is 13.7. The smallest absolute Gasteiger partial charge is 0.266 e. The van der Waals surface area contributed by atoms with Gasteiger partial charge in [-0.15, -0.1) is 0 Å². The third-order valence-corrected chi connectivity index (χ3v) is 5.37. The van der Waals surface area contributed by atoms with Gasteiger partial charge in [-0.1, -0.05) is 48.2 Å². The molecule has 144 valence electrons. The molecule has 2 aromatic rings. The van der Waals surface area contributed by atoms with Crippen molar-refractivity contribution in [3.63, 3.8) is 0 Å². The van der Waals surface area contributed by atoms with Crippen molar-refractivity contribution in [3.8, 4) is 11.5 Å². The van der Waals surface area contributed by atoms with Crippen LogP contribution in [0.3, 0.4) is 0 Å². The summed E-state index contributed by atoms with van der Waals surface area (Å²) in [4.78, 5) is 26.7. The maximum Gasteiger partial charge on any atom is 0.266 e. The lowest BCUT2D eigenvalue weighted by atomic mass is 10.2. The standard InChI is InChI=1S/C20H18N2O4S2/c1-26-16-8-3-2-5-13(16)11-17-19(25)22(20(27)28-17)10-9-18(24)21-14-6-4-7-15(23)12-14/h2-8,11-12,23H,9-10H2,1H3,(H,21,24)/b17-11-. The maximum absolute atomic E-state index is 12.7. The second-order valence-electron chi connectivity index (χ2n) is 5.92. The highest BCUT2D eigenvalue weighted by molar-refractivity contribution is 8.26. The van der Waals surface area contributed by atoms with Gasteiger partial charge >= 0.3 is 0 Å². The number of nitrogens with zero attached hydrogens (tertiary/aromatic N) is 1. The average molecular weight is 415 g/mol. The van der Waals surface area contributed by atoms with Crippen LogP contribution in [0.1, 0.15) is 12.0 Å². The molecule has 6 nitrogen and oxygen atoms in total. The fourth-order valence-corrected chi connectivity index (χ4v) is 3.94. The second-order valence-corrected chi connectivity index (χ2v) is 7.60. The number of carbonyl (C=O) groups is 2. The summed E-state index contributed by atoms with van der Waals surface area (Å²) in [6.45, 7) is 0.179. The van der Waals surface area contributed by atoms with Gasteiger partial charge in [-0.05, 0) is 24.3 Å². The molecule has 2 N–H and O–H groups in total. The number of rotatable bonds is 6. The van der Waals surface area contributed by atoms with Crippen molar-refractivity contribution >= 4 is 51.9 Å². The molecule has 0 radical (unpaired) electrons. The van der Waals surface area contributed by atoms with Gasteiger partial charge in [0.1, 0.15) is 15.8 Å². The lowest BCUT2D eigenvalue weighted by molar-refractivity contribution is -0.122. The Morgan fingerprint density at radius 2 is 2.07 bits per heavy atom. The minimum atomic E-state index is -0.270. The van der Waals surface area contributed by atoms with E-state index in [0.29, 0.717) is 20.7 Å². The highest BCUT2D eigenvalue weighted by Crippen LogP contribution is 2.34. The Bertz CT molecular complexity index is 959. The SMILES string of the molecule is COc1ccccc1/C=C1\SC(=S)N(CCC(=O)Nc2cccc(O)c2)C1=O. The van der Waals surface area contributed by atoms with Gasteiger partial charge in [0.2, 0.25) is 5.91 Å². The number of para-hydroxylation sites is 1. The monoisotopic (exact) mass is 414 g/mol. The molecule has 3 rings (SSSR count). The van der Waals surface area contributed by atoms with Crippen LogP contribution in [0.2, 0.25) is 0 Å². The van der Waals surface area contributed by atoms with E-state index in [-0.39, 0.29) is 30.5 Å². The van der Waals surface area contributed by atoms with Gasteiger partial charge in [0.05, 0.1) is 12.0 Å². The molecular formula is C20H18N2O4S2. The first kappa shape index (κ1) is 19.9. The van der Waals surface area contributed by atoms with Crippen LogP contribution >= 0.6 is 24.0 Å². The topological polar surface area (TPSA) is 78.9 Å². The number of carbonyl (C=O) groups excluding carboxylic acids is 2. The Morgan fingerprint density at radius 3 is 2.82 bits per heavy atom. The van der Waals surface area contributed by atoms with Crippen LogP contribution in [0.4, 0.5) is 5.69 Å². The molecule has 1 saturated heterocycles. The summed E-state index contributed by atoms with van der Waals surface area (Å²) in [5.74, 6) is 0.230. The van der Waals surface area contributed by atoms with Crippen LogP contribution in [0.5, 0.6) is 11.5 Å². The lowest BCUT2D eigenvalue weighted by Gasteiger charge is -2.14. The molecule has 8 heteroatoms. The molecule has 1 heterocycles. The molecule has 0 unspecified atom stereocenters. The van der Waals surface area contributed by atoms with Crippen LogP contribution in [0, 0.1) is 0 Å². The molecule has 2 aromatic carbocycles. The van der Waals surface area contributed by atoms with E-state index in [2.05, 4.69) is 5.32 Å². The normalized spacial score (nSPS) is 15.2. The quantitative estimate of drug-likeness (QED) is 0.555. The summed E-state index contributed by atoms with van der Waals surface area (Å²) in [7, 11) is 1.57. The zero-order chi connectivity index (χ0) is 20.1. The van der Waals surface area contributed by atoms with Gasteiger partial charge in [-0.3, -0.25) is 14.5 Å². The molecule has 0 aromatic heterocycles. The molecule has 1 aliphatic heterocycles. The van der Waals surface area contributed by atoms with E-state index < -0.39 is 0 Å². The average Bonchev–Trinajstić information content (AvgIpc) is 2.93. The Balaban J connectivity index is 1.64. The molecule has 28 heavy (non-hydrogen) atoms. The number of aromatic hydroxyl groups is 1. The van der Waals surface area contributed by atoms with Crippen LogP contribution in [0.15, 0.2) is 53.4 Å². The van der Waals surface area contributed by atoms with E-state index in [1.807, 2.05) is 24.3 Å². The van der Waals surface area contributed by atoms with Crippen molar-refractivity contribution in [2.75, 3.05) is 19.0 Å². The number of anilines is 1. The summed E-state index contributed by atoms with van der Waals surface area (Å²) in [6.07, 6.45) is 1.83. The summed E-state index contributed by atoms with van der Waals surface area (Å²) >= 11 is 6.50. The predicted molar refractivity (Wildman–Crippen MR) is 114 cm³/mol. The number of benzene rings is 2. The minimum Gasteiger partial charge on any atom is -0.508 e. The zero-order valence-corrected chi connectivity index (χ0v) is 16.7. The number of nitrogens with one attached hydrogen (secondary N) is 1. The van der Waals surface area contributed by atoms with Crippen molar-refractivity contribution in [3.05, 3.63) is 59.0 Å². The minimum absolute atomic E-state index is 0.0659. The Hall–Kier alpha value is -2.84. The number of phenols is 1. The largest absolute Gasteiger partial charge is 0.508 e. The summed E-state index contributed by atoms with van der Waals surface area (Å²) in [5, 5.41) is 12.1. The molecule has 0 aliphatic carbocycles. The number of amides is 2. The van der Waals surface area contributed by atoms with Crippen LogP contribution < -0.4 is 10.1 Å². The van der Waals surface area contributed by atoms with E-state index >= 15 is 0 Å². The fraction of sp³-hybridized carbons (Fsp3) is 0.150. The number of hydrogen-bond acceptors (Lipinski definition) is 6. The highest BCUT2D eigenvalue weighted by Gasteiger charge is 2.32. The molecule has 2 amide bonds. The number of phenolic OH excluding ortho intramolecular Hbond substituents is 1. The van der Waals surface area contributed by atoms with Crippen LogP contribution in [-0.2, 0) is 9.59 Å². The Kier molecular flexibility index (Phi) is 6.33. The van der Waals surface area contributed by atoms with Gasteiger partial charge in [0.15, 0.2) is 0 Å². The van der Waals surface area contributed by atoms with E-state index in [4.69, 9.17) is 17.0 Å². The fourth-order valence-electron chi connectivity index (χ4n) is 2.64. The maximum atomic E-state index is 12.7. The van der Waals surface area contributed by atoms with E-state index in [0.717, 1.165) is 5.56 Å². The number of ether oxygens (including phenoxy) is 1. The molecule has 0 spiro atoms. The first-order valence-corrected chi connectivity index (χ1v) is 9.67. The molecule has 0 bridgehead atoms. The first-order valence-electron chi connectivity index (χ1n) is 8.45. The van der Waals surface area contributed by atoms with Crippen molar-refractivity contribution < 1.29 is 19.4 Å². The van der Waals surface area contributed by atoms with Crippen molar-refractivity contribution in [1.29, 1.82) is 0 Å². The van der Waals surface area contributed by atoms with Crippen LogP contribution in [0.25, 0.3) is 6.08 Å². The lowest BCUT2D eigenvalue weighted by Crippen LogP contribution is -2.31. The van der Waals surface area contributed by atoms with Crippen molar-refractivity contribution in [1.82, 2.24) is 4.90 Å². The van der Waals surface area contributed by atoms with Crippen molar-refractivity contribution in [2.24, 2.45) is 0 Å². The Labute approximate surface area is 172 Å². The number of methoxy groups -OCH3 is 1. The van der Waals surface area contributed by atoms with Gasteiger partial charge in [-0.2, -0.15) is 0 Å².